The van der Waals surface area contributed by atoms with E-state index < -0.39 is 10.0 Å². The molecule has 0 aliphatic rings. The van der Waals surface area contributed by atoms with Gasteiger partial charge in [-0.1, -0.05) is 29.8 Å². The van der Waals surface area contributed by atoms with Gasteiger partial charge in [0.25, 0.3) is 5.89 Å². The number of hydrogen-bond donors (Lipinski definition) is 1. The maximum absolute atomic E-state index is 13.1. The molecule has 7 nitrogen and oxygen atoms in total. The van der Waals surface area contributed by atoms with Crippen LogP contribution in [0.4, 0.5) is 0 Å². The first-order valence-corrected chi connectivity index (χ1v) is 9.70. The van der Waals surface area contributed by atoms with E-state index in [9.17, 15) is 8.42 Å². The van der Waals surface area contributed by atoms with Crippen molar-refractivity contribution in [1.29, 1.82) is 0 Å². The summed E-state index contributed by atoms with van der Waals surface area (Å²) in [5, 5.41) is 7.84. The summed E-state index contributed by atoms with van der Waals surface area (Å²) < 4.78 is 36.1. The van der Waals surface area contributed by atoms with Crippen LogP contribution in [0.1, 0.15) is 28.4 Å². The summed E-state index contributed by atoms with van der Waals surface area (Å²) >= 11 is 0. The van der Waals surface area contributed by atoms with Gasteiger partial charge in [0.15, 0.2) is 0 Å². The van der Waals surface area contributed by atoms with Crippen LogP contribution in [0.5, 0.6) is 0 Å². The molecule has 1 N–H and O–H groups in total. The molecule has 0 saturated heterocycles. The molecule has 0 saturated carbocycles. The van der Waals surface area contributed by atoms with E-state index in [2.05, 4.69) is 14.9 Å². The smallest absolute Gasteiger partial charge is 0.250 e. The number of benzene rings is 1. The number of sulfonamides is 1. The third-order valence-electron chi connectivity index (χ3n) is 4.48. The standard InChI is InChI=1S/C18H22N4O3S/c1-11-7-6-8-15(9-11)10-19-26(23,24)17-13(3)22(5)12(2)16(17)18-21-20-14(4)25-18/h6-9,19H,10H2,1-5H3. The Kier molecular flexibility index (Phi) is 4.72. The van der Waals surface area contributed by atoms with Crippen molar-refractivity contribution in [1.82, 2.24) is 19.5 Å². The van der Waals surface area contributed by atoms with Crippen molar-refractivity contribution in [2.75, 3.05) is 0 Å². The van der Waals surface area contributed by atoms with Gasteiger partial charge in [-0.3, -0.25) is 0 Å². The zero-order valence-corrected chi connectivity index (χ0v) is 16.3. The zero-order chi connectivity index (χ0) is 19.1. The first-order valence-electron chi connectivity index (χ1n) is 8.22. The maximum atomic E-state index is 13.1. The average Bonchev–Trinajstić information content (AvgIpc) is 3.10. The largest absolute Gasteiger partial charge is 0.421 e. The highest BCUT2D eigenvalue weighted by atomic mass is 32.2. The van der Waals surface area contributed by atoms with Crippen LogP contribution in [0.25, 0.3) is 11.5 Å². The van der Waals surface area contributed by atoms with Gasteiger partial charge in [-0.15, -0.1) is 10.2 Å². The second-order valence-corrected chi connectivity index (χ2v) is 8.08. The lowest BCUT2D eigenvalue weighted by atomic mass is 10.1. The third kappa shape index (κ3) is 3.30. The lowest BCUT2D eigenvalue weighted by Crippen LogP contribution is -2.24. The molecule has 3 aromatic rings. The SMILES string of the molecule is Cc1cccc(CNS(=O)(=O)c2c(-c3nnc(C)o3)c(C)n(C)c2C)c1. The van der Waals surface area contributed by atoms with Crippen LogP contribution in [0, 0.1) is 27.7 Å². The Morgan fingerprint density at radius 1 is 1.12 bits per heavy atom. The Balaban J connectivity index is 2.03. The lowest BCUT2D eigenvalue weighted by Gasteiger charge is -2.09. The van der Waals surface area contributed by atoms with Crippen molar-refractivity contribution in [3.05, 3.63) is 52.7 Å². The van der Waals surface area contributed by atoms with Gasteiger partial charge in [0.05, 0.1) is 5.56 Å². The minimum atomic E-state index is -3.77. The van der Waals surface area contributed by atoms with Gasteiger partial charge in [0, 0.05) is 31.9 Å². The Morgan fingerprint density at radius 3 is 2.46 bits per heavy atom. The van der Waals surface area contributed by atoms with Gasteiger partial charge in [-0.05, 0) is 26.3 Å². The average molecular weight is 374 g/mol. The molecule has 0 aliphatic heterocycles. The molecule has 0 spiro atoms. The highest BCUT2D eigenvalue weighted by Crippen LogP contribution is 2.34. The predicted molar refractivity (Wildman–Crippen MR) is 98.1 cm³/mol. The van der Waals surface area contributed by atoms with Crippen LogP contribution >= 0.6 is 0 Å². The number of aromatic nitrogens is 3. The van der Waals surface area contributed by atoms with Gasteiger partial charge in [-0.2, -0.15) is 0 Å². The maximum Gasteiger partial charge on any atom is 0.250 e. The van der Waals surface area contributed by atoms with Crippen LogP contribution in [0.2, 0.25) is 0 Å². The molecule has 0 aliphatic carbocycles. The minimum absolute atomic E-state index is 0.175. The molecule has 2 heterocycles. The fraction of sp³-hybridized carbons (Fsp3) is 0.333. The Hall–Kier alpha value is -2.45. The van der Waals surface area contributed by atoms with Crippen molar-refractivity contribution >= 4 is 10.0 Å². The van der Waals surface area contributed by atoms with Crippen molar-refractivity contribution in [3.63, 3.8) is 0 Å². The molecule has 3 rings (SSSR count). The molecule has 0 unspecified atom stereocenters. The Morgan fingerprint density at radius 2 is 1.85 bits per heavy atom. The molecule has 0 amide bonds. The summed E-state index contributed by atoms with van der Waals surface area (Å²) in [6.07, 6.45) is 0. The van der Waals surface area contributed by atoms with Gasteiger partial charge >= 0.3 is 0 Å². The molecule has 138 valence electrons. The molecule has 26 heavy (non-hydrogen) atoms. The summed E-state index contributed by atoms with van der Waals surface area (Å²) in [6, 6.07) is 7.72. The molecule has 0 radical (unpaired) electrons. The second-order valence-electron chi connectivity index (χ2n) is 6.37. The quantitative estimate of drug-likeness (QED) is 0.742. The van der Waals surface area contributed by atoms with E-state index in [-0.39, 0.29) is 17.3 Å². The number of nitrogens with one attached hydrogen (secondary N) is 1. The molecule has 1 aromatic carbocycles. The van der Waals surface area contributed by atoms with E-state index in [1.807, 2.05) is 49.7 Å². The van der Waals surface area contributed by atoms with E-state index in [0.29, 0.717) is 17.1 Å². The molecular weight excluding hydrogens is 352 g/mol. The number of rotatable bonds is 5. The first-order chi connectivity index (χ1) is 12.2. The molecule has 8 heteroatoms. The lowest BCUT2D eigenvalue weighted by molar-refractivity contribution is 0.530. The van der Waals surface area contributed by atoms with E-state index in [4.69, 9.17) is 4.42 Å². The normalized spacial score (nSPS) is 11.9. The third-order valence-corrected chi connectivity index (χ3v) is 6.04. The minimum Gasteiger partial charge on any atom is -0.421 e. The van der Waals surface area contributed by atoms with Crippen LogP contribution in [0.3, 0.4) is 0 Å². The monoisotopic (exact) mass is 374 g/mol. The predicted octanol–water partition coefficient (Wildman–Crippen LogP) is 2.79. The molecule has 0 bridgehead atoms. The first kappa shape index (κ1) is 18.3. The second kappa shape index (κ2) is 6.69. The fourth-order valence-electron chi connectivity index (χ4n) is 2.97. The van der Waals surface area contributed by atoms with Crippen LogP contribution in [-0.2, 0) is 23.6 Å². The Bertz CT molecular complexity index is 1060. The highest BCUT2D eigenvalue weighted by Gasteiger charge is 2.30. The van der Waals surface area contributed by atoms with Crippen molar-refractivity contribution in [2.24, 2.45) is 7.05 Å². The van der Waals surface area contributed by atoms with E-state index in [1.165, 1.54) is 0 Å². The van der Waals surface area contributed by atoms with Crippen LogP contribution in [-0.4, -0.2) is 23.2 Å². The van der Waals surface area contributed by atoms with Crippen LogP contribution in [0.15, 0.2) is 33.6 Å². The van der Waals surface area contributed by atoms with E-state index in [1.54, 1.807) is 13.8 Å². The zero-order valence-electron chi connectivity index (χ0n) is 15.5. The highest BCUT2D eigenvalue weighted by molar-refractivity contribution is 7.89. The van der Waals surface area contributed by atoms with Gasteiger partial charge in [-0.25, -0.2) is 13.1 Å². The topological polar surface area (TPSA) is 90.0 Å². The molecule has 2 aromatic heterocycles. The number of aryl methyl sites for hydroxylation is 2. The summed E-state index contributed by atoms with van der Waals surface area (Å²) in [6.45, 7) is 7.45. The molecular formula is C18H22N4O3S. The number of hydrogen-bond acceptors (Lipinski definition) is 5. The summed E-state index contributed by atoms with van der Waals surface area (Å²) in [4.78, 5) is 0.175. The summed E-state index contributed by atoms with van der Waals surface area (Å²) in [5.74, 6) is 0.594. The molecule has 0 fully saturated rings. The summed E-state index contributed by atoms with van der Waals surface area (Å²) in [5.41, 5.74) is 3.79. The van der Waals surface area contributed by atoms with Gasteiger partial charge in [0.2, 0.25) is 15.9 Å². The van der Waals surface area contributed by atoms with E-state index >= 15 is 0 Å². The van der Waals surface area contributed by atoms with Crippen molar-refractivity contribution in [2.45, 2.75) is 39.1 Å². The van der Waals surface area contributed by atoms with Crippen molar-refractivity contribution < 1.29 is 12.8 Å². The fourth-order valence-corrected chi connectivity index (χ4v) is 4.50. The number of nitrogens with zero attached hydrogens (tertiary/aromatic N) is 3. The Labute approximate surface area is 153 Å². The van der Waals surface area contributed by atoms with Gasteiger partial charge in [0.1, 0.15) is 4.90 Å². The molecule has 0 atom stereocenters. The van der Waals surface area contributed by atoms with Gasteiger partial charge < -0.3 is 8.98 Å². The van der Waals surface area contributed by atoms with Crippen LogP contribution < -0.4 is 4.72 Å². The van der Waals surface area contributed by atoms with Crippen molar-refractivity contribution in [3.8, 4) is 11.5 Å². The summed E-state index contributed by atoms with van der Waals surface area (Å²) in [7, 11) is -1.96. The van der Waals surface area contributed by atoms with E-state index in [0.717, 1.165) is 16.8 Å².